The van der Waals surface area contributed by atoms with E-state index in [2.05, 4.69) is 4.98 Å². The summed E-state index contributed by atoms with van der Waals surface area (Å²) in [7, 11) is 1.41. The molecule has 2 aromatic rings. The van der Waals surface area contributed by atoms with Crippen LogP contribution in [0.1, 0.15) is 29.3 Å². The lowest BCUT2D eigenvalue weighted by Crippen LogP contribution is -2.17. The Morgan fingerprint density at radius 3 is 3.05 bits per heavy atom. The van der Waals surface area contributed by atoms with Crippen molar-refractivity contribution in [2.45, 2.75) is 25.2 Å². The van der Waals surface area contributed by atoms with E-state index in [9.17, 15) is 14.3 Å². The molecule has 0 spiro atoms. The molecular weight excluding hydrogens is 293 g/mol. The van der Waals surface area contributed by atoms with Gasteiger partial charge in [0.05, 0.1) is 18.7 Å². The lowest BCUT2D eigenvalue weighted by atomic mass is 9.91. The minimum absolute atomic E-state index is 0.162. The smallest absolute Gasteiger partial charge is 0.312 e. The number of halogens is 1. The zero-order chi connectivity index (χ0) is 15.0. The van der Waals surface area contributed by atoms with Crippen molar-refractivity contribution in [3.8, 4) is 16.3 Å². The van der Waals surface area contributed by atoms with Crippen molar-refractivity contribution in [1.82, 2.24) is 4.98 Å². The average molecular weight is 307 g/mol. The van der Waals surface area contributed by atoms with Gasteiger partial charge in [0, 0.05) is 10.4 Å². The number of aliphatic carboxylic acids is 1. The predicted molar refractivity (Wildman–Crippen MR) is 77.4 cm³/mol. The molecule has 4 nitrogen and oxygen atoms in total. The van der Waals surface area contributed by atoms with Crippen LogP contribution < -0.4 is 4.74 Å². The molecule has 0 saturated heterocycles. The lowest BCUT2D eigenvalue weighted by molar-refractivity contribution is -0.139. The zero-order valence-electron chi connectivity index (χ0n) is 11.4. The van der Waals surface area contributed by atoms with Gasteiger partial charge < -0.3 is 9.84 Å². The summed E-state index contributed by atoms with van der Waals surface area (Å²) in [4.78, 5) is 16.8. The van der Waals surface area contributed by atoms with Crippen molar-refractivity contribution >= 4 is 17.3 Å². The Morgan fingerprint density at radius 2 is 2.33 bits per heavy atom. The van der Waals surface area contributed by atoms with Gasteiger partial charge in [-0.1, -0.05) is 0 Å². The van der Waals surface area contributed by atoms with E-state index in [1.165, 1.54) is 24.5 Å². The van der Waals surface area contributed by atoms with Gasteiger partial charge in [0.1, 0.15) is 5.01 Å². The Labute approximate surface area is 125 Å². The number of aromatic nitrogens is 1. The van der Waals surface area contributed by atoms with Gasteiger partial charge in [-0.2, -0.15) is 0 Å². The van der Waals surface area contributed by atoms with Crippen LogP contribution in [0.2, 0.25) is 0 Å². The third-order valence-electron chi connectivity index (χ3n) is 3.65. The average Bonchev–Trinajstić information content (AvgIpc) is 2.91. The number of carboxylic acid groups (broad SMARTS) is 1. The van der Waals surface area contributed by atoms with E-state index in [-0.39, 0.29) is 5.75 Å². The third-order valence-corrected chi connectivity index (χ3v) is 4.83. The van der Waals surface area contributed by atoms with Gasteiger partial charge in [-0.25, -0.2) is 9.37 Å². The fourth-order valence-electron chi connectivity index (χ4n) is 2.58. The summed E-state index contributed by atoms with van der Waals surface area (Å²) in [5.41, 5.74) is 1.41. The number of rotatable bonds is 3. The molecule has 1 N–H and O–H groups in total. The molecule has 0 bridgehead atoms. The number of carboxylic acids is 1. The monoisotopic (exact) mass is 307 g/mol. The number of ether oxygens (including phenoxy) is 1. The van der Waals surface area contributed by atoms with Crippen molar-refractivity contribution in [2.75, 3.05) is 7.11 Å². The van der Waals surface area contributed by atoms with Crippen molar-refractivity contribution in [3.05, 3.63) is 34.6 Å². The Hall–Kier alpha value is -1.95. The molecule has 1 heterocycles. The molecule has 1 aromatic heterocycles. The molecular formula is C15H14FNO3S. The summed E-state index contributed by atoms with van der Waals surface area (Å²) in [5, 5.41) is 9.99. The second-order valence-corrected chi connectivity index (χ2v) is 6.04. The summed E-state index contributed by atoms with van der Waals surface area (Å²) < 4.78 is 18.4. The number of methoxy groups -OCH3 is 1. The van der Waals surface area contributed by atoms with E-state index < -0.39 is 17.7 Å². The quantitative estimate of drug-likeness (QED) is 0.943. The van der Waals surface area contributed by atoms with Crippen LogP contribution in [0.25, 0.3) is 10.6 Å². The van der Waals surface area contributed by atoms with E-state index in [1.54, 1.807) is 12.1 Å². The molecule has 0 fully saturated rings. The highest BCUT2D eigenvalue weighted by atomic mass is 32.1. The van der Waals surface area contributed by atoms with Crippen LogP contribution in [0, 0.1) is 5.82 Å². The molecule has 0 amide bonds. The maximum absolute atomic E-state index is 13.5. The molecule has 6 heteroatoms. The molecule has 3 rings (SSSR count). The van der Waals surface area contributed by atoms with Gasteiger partial charge in [-0.15, -0.1) is 11.3 Å². The zero-order valence-corrected chi connectivity index (χ0v) is 12.2. The van der Waals surface area contributed by atoms with Crippen LogP contribution in [0.15, 0.2) is 18.2 Å². The molecule has 1 aromatic carbocycles. The van der Waals surface area contributed by atoms with Crippen LogP contribution in [0.5, 0.6) is 5.75 Å². The maximum Gasteiger partial charge on any atom is 0.312 e. The first-order chi connectivity index (χ1) is 10.1. The topological polar surface area (TPSA) is 59.4 Å². The SMILES string of the molecule is COc1cc(-c2nc3c(s2)CCCC3C(=O)O)ccc1F. The Bertz CT molecular complexity index is 698. The van der Waals surface area contributed by atoms with Crippen molar-refractivity contribution in [3.63, 3.8) is 0 Å². The van der Waals surface area contributed by atoms with Gasteiger partial charge in [-0.05, 0) is 37.5 Å². The van der Waals surface area contributed by atoms with Gasteiger partial charge in [0.2, 0.25) is 0 Å². The van der Waals surface area contributed by atoms with Crippen molar-refractivity contribution in [2.24, 2.45) is 0 Å². The van der Waals surface area contributed by atoms with Gasteiger partial charge in [0.25, 0.3) is 0 Å². The highest BCUT2D eigenvalue weighted by Gasteiger charge is 2.30. The second-order valence-electron chi connectivity index (χ2n) is 4.96. The number of hydrogen-bond donors (Lipinski definition) is 1. The first kappa shape index (κ1) is 14.0. The molecule has 110 valence electrons. The molecule has 0 saturated carbocycles. The largest absolute Gasteiger partial charge is 0.494 e. The van der Waals surface area contributed by atoms with Gasteiger partial charge in [0.15, 0.2) is 11.6 Å². The maximum atomic E-state index is 13.5. The Balaban J connectivity index is 2.03. The molecule has 1 aliphatic rings. The van der Waals surface area contributed by atoms with Crippen molar-refractivity contribution < 1.29 is 19.0 Å². The molecule has 1 aliphatic carbocycles. The second kappa shape index (κ2) is 5.44. The Morgan fingerprint density at radius 1 is 1.52 bits per heavy atom. The van der Waals surface area contributed by atoms with Crippen LogP contribution in [-0.4, -0.2) is 23.2 Å². The minimum Gasteiger partial charge on any atom is -0.494 e. The first-order valence-corrected chi connectivity index (χ1v) is 7.48. The van der Waals surface area contributed by atoms with E-state index in [4.69, 9.17) is 4.74 Å². The van der Waals surface area contributed by atoms with E-state index >= 15 is 0 Å². The third kappa shape index (κ3) is 2.51. The van der Waals surface area contributed by atoms with Crippen LogP contribution in [0.4, 0.5) is 4.39 Å². The lowest BCUT2D eigenvalue weighted by Gasteiger charge is -2.16. The highest BCUT2D eigenvalue weighted by molar-refractivity contribution is 7.15. The number of nitrogens with zero attached hydrogens (tertiary/aromatic N) is 1. The van der Waals surface area contributed by atoms with Crippen LogP contribution in [-0.2, 0) is 11.2 Å². The normalized spacial score (nSPS) is 17.3. The molecule has 1 unspecified atom stereocenters. The summed E-state index contributed by atoms with van der Waals surface area (Å²) >= 11 is 1.48. The predicted octanol–water partition coefficient (Wildman–Crippen LogP) is 3.46. The summed E-state index contributed by atoms with van der Waals surface area (Å²) in [5.74, 6) is -1.62. The minimum atomic E-state index is -0.829. The number of hydrogen-bond acceptors (Lipinski definition) is 4. The highest BCUT2D eigenvalue weighted by Crippen LogP contribution is 2.39. The Kier molecular flexibility index (Phi) is 3.63. The fraction of sp³-hybridized carbons (Fsp3) is 0.333. The molecule has 21 heavy (non-hydrogen) atoms. The molecule has 0 aliphatic heterocycles. The molecule has 0 radical (unpaired) electrons. The number of carbonyl (C=O) groups is 1. The number of thiazole rings is 1. The number of fused-ring (bicyclic) bond motifs is 1. The van der Waals surface area contributed by atoms with E-state index in [0.717, 1.165) is 23.3 Å². The number of aryl methyl sites for hydroxylation is 1. The molecule has 1 atom stereocenters. The van der Waals surface area contributed by atoms with Crippen molar-refractivity contribution in [1.29, 1.82) is 0 Å². The summed E-state index contributed by atoms with van der Waals surface area (Å²) in [6.07, 6.45) is 2.34. The number of benzene rings is 1. The standard InChI is InChI=1S/C15H14FNO3S/c1-20-11-7-8(5-6-10(11)16)14-17-13-9(15(18)19)3-2-4-12(13)21-14/h5-7,9H,2-4H2,1H3,(H,18,19). The summed E-state index contributed by atoms with van der Waals surface area (Å²) in [6.45, 7) is 0. The van der Waals surface area contributed by atoms with E-state index in [0.29, 0.717) is 17.1 Å². The first-order valence-electron chi connectivity index (χ1n) is 6.66. The van der Waals surface area contributed by atoms with Crippen LogP contribution >= 0.6 is 11.3 Å². The summed E-state index contributed by atoms with van der Waals surface area (Å²) in [6, 6.07) is 4.57. The van der Waals surface area contributed by atoms with Crippen LogP contribution in [0.3, 0.4) is 0 Å². The fourth-order valence-corrected chi connectivity index (χ4v) is 3.74. The van der Waals surface area contributed by atoms with Gasteiger partial charge in [-0.3, -0.25) is 4.79 Å². The van der Waals surface area contributed by atoms with Gasteiger partial charge >= 0.3 is 5.97 Å². The van der Waals surface area contributed by atoms with E-state index in [1.807, 2.05) is 0 Å².